The molecule has 11 heteroatoms. The van der Waals surface area contributed by atoms with E-state index in [0.717, 1.165) is 11.0 Å². The van der Waals surface area contributed by atoms with E-state index in [0.29, 0.717) is 0 Å². The molecule has 0 saturated carbocycles. The van der Waals surface area contributed by atoms with Crippen LogP contribution < -0.4 is 0 Å². The number of hydrogen-bond acceptors (Lipinski definition) is 8. The van der Waals surface area contributed by atoms with Gasteiger partial charge in [0.05, 0.1) is 22.3 Å². The van der Waals surface area contributed by atoms with Crippen LogP contribution in [0.2, 0.25) is 0 Å². The minimum atomic E-state index is -3.75. The quantitative estimate of drug-likeness (QED) is 0.407. The van der Waals surface area contributed by atoms with Crippen molar-refractivity contribution in [2.24, 2.45) is 0 Å². The van der Waals surface area contributed by atoms with Crippen LogP contribution in [0.1, 0.15) is 41.0 Å². The second-order valence-corrected chi connectivity index (χ2v) is 9.60. The summed E-state index contributed by atoms with van der Waals surface area (Å²) in [5.41, 5.74) is -0.176. The lowest BCUT2D eigenvalue weighted by Gasteiger charge is -2.36. The molecule has 1 N–H and O–H groups in total. The molecule has 2 aliphatic heterocycles. The minimum Gasteiger partial charge on any atom is -0.478 e. The molecule has 0 aromatic heterocycles. The highest BCUT2D eigenvalue weighted by atomic mass is 32.2. The van der Waals surface area contributed by atoms with E-state index in [1.807, 2.05) is 0 Å². The Kier molecular flexibility index (Phi) is 4.66. The lowest BCUT2D eigenvalue weighted by molar-refractivity contribution is -0.167. The maximum Gasteiger partial charge on any atom is 0.341 e. The summed E-state index contributed by atoms with van der Waals surface area (Å²) in [6.07, 6.45) is -0.176. The molecule has 3 rings (SSSR count). The summed E-state index contributed by atoms with van der Waals surface area (Å²) < 4.78 is 33.0. The lowest BCUT2D eigenvalue weighted by Crippen LogP contribution is -2.57. The second-order valence-electron chi connectivity index (χ2n) is 6.91. The van der Waals surface area contributed by atoms with Crippen molar-refractivity contribution in [1.29, 1.82) is 0 Å². The van der Waals surface area contributed by atoms with Crippen LogP contribution in [-0.2, 0) is 28.9 Å². The van der Waals surface area contributed by atoms with Gasteiger partial charge in [0.1, 0.15) is 11.4 Å². The number of β-lactam (4-membered cyclic amide) rings is 1. The summed E-state index contributed by atoms with van der Waals surface area (Å²) >= 11 is 0. The van der Waals surface area contributed by atoms with E-state index >= 15 is 0 Å². The number of rotatable bonds is 5. The van der Waals surface area contributed by atoms with Gasteiger partial charge in [-0.25, -0.2) is 22.8 Å². The van der Waals surface area contributed by atoms with Gasteiger partial charge in [0.2, 0.25) is 12.7 Å². The highest BCUT2D eigenvalue weighted by Gasteiger charge is 2.68. The van der Waals surface area contributed by atoms with E-state index in [4.69, 9.17) is 14.6 Å². The van der Waals surface area contributed by atoms with E-state index in [-0.39, 0.29) is 17.5 Å². The van der Waals surface area contributed by atoms with Crippen LogP contribution in [0.15, 0.2) is 24.3 Å². The summed E-state index contributed by atoms with van der Waals surface area (Å²) in [4.78, 5) is 48.0. The third kappa shape index (κ3) is 2.91. The van der Waals surface area contributed by atoms with Crippen LogP contribution in [0.4, 0.5) is 0 Å². The maximum absolute atomic E-state index is 12.5. The summed E-state index contributed by atoms with van der Waals surface area (Å²) in [6.45, 7) is 1.86. The average molecular weight is 411 g/mol. The predicted molar refractivity (Wildman–Crippen MR) is 91.8 cm³/mol. The molecular weight excluding hydrogens is 394 g/mol. The van der Waals surface area contributed by atoms with Crippen molar-refractivity contribution >= 4 is 33.7 Å². The highest BCUT2D eigenvalue weighted by molar-refractivity contribution is 7.93. The van der Waals surface area contributed by atoms with Crippen molar-refractivity contribution in [1.82, 2.24) is 4.90 Å². The molecule has 150 valence electrons. The Bertz CT molecular complexity index is 982. The molecule has 1 aromatic carbocycles. The molecule has 28 heavy (non-hydrogen) atoms. The SMILES string of the molecule is CC1(C)[C@H](C(=O)OCOC(=O)c2cccc(C(=O)O)c2)N2C(=O)C[C@H]2S1(=O)=O. The van der Waals surface area contributed by atoms with Crippen LogP contribution in [0.3, 0.4) is 0 Å². The van der Waals surface area contributed by atoms with Gasteiger partial charge < -0.3 is 19.5 Å². The Hall–Kier alpha value is -2.95. The van der Waals surface area contributed by atoms with Gasteiger partial charge in [-0.15, -0.1) is 0 Å². The third-order valence-electron chi connectivity index (χ3n) is 4.94. The zero-order valence-corrected chi connectivity index (χ0v) is 15.8. The van der Waals surface area contributed by atoms with E-state index in [9.17, 15) is 27.6 Å². The Balaban J connectivity index is 1.65. The normalized spacial score (nSPS) is 24.1. The van der Waals surface area contributed by atoms with E-state index in [1.165, 1.54) is 32.0 Å². The number of sulfone groups is 1. The fourth-order valence-corrected chi connectivity index (χ4v) is 5.41. The van der Waals surface area contributed by atoms with Crippen LogP contribution in [0.25, 0.3) is 0 Å². The molecule has 1 amide bonds. The van der Waals surface area contributed by atoms with Crippen LogP contribution in [-0.4, -0.2) is 65.2 Å². The third-order valence-corrected chi connectivity index (χ3v) is 7.74. The highest BCUT2D eigenvalue weighted by Crippen LogP contribution is 2.45. The molecule has 10 nitrogen and oxygen atoms in total. The standard InChI is InChI=1S/C17H17NO9S/c1-17(2)13(18-11(19)7-12(18)28(17,24)25)16(23)27-8-26-15(22)10-5-3-4-9(6-10)14(20)21/h3-6,12-13H,7-8H2,1-2H3,(H,20,21)/t12-,13+/m1/s1. The van der Waals surface area contributed by atoms with Crippen LogP contribution in [0.5, 0.6) is 0 Å². The molecule has 2 heterocycles. The number of carbonyl (C=O) groups excluding carboxylic acids is 3. The number of carboxylic acid groups (broad SMARTS) is 1. The molecule has 2 aliphatic rings. The fraction of sp³-hybridized carbons (Fsp3) is 0.412. The number of hydrogen-bond donors (Lipinski definition) is 1. The summed E-state index contributed by atoms with van der Waals surface area (Å²) in [6, 6.07) is 3.74. The van der Waals surface area contributed by atoms with Gasteiger partial charge in [-0.2, -0.15) is 0 Å². The minimum absolute atomic E-state index is 0.0577. The first-order valence-electron chi connectivity index (χ1n) is 8.20. The first kappa shape index (κ1) is 19.8. The molecule has 2 atom stereocenters. The smallest absolute Gasteiger partial charge is 0.341 e. The Morgan fingerprint density at radius 1 is 1.21 bits per heavy atom. The van der Waals surface area contributed by atoms with E-state index in [1.54, 1.807) is 0 Å². The number of nitrogens with zero attached hydrogens (tertiary/aromatic N) is 1. The molecule has 2 saturated heterocycles. The fourth-order valence-electron chi connectivity index (χ4n) is 3.29. The average Bonchev–Trinajstić information content (AvgIpc) is 2.75. The van der Waals surface area contributed by atoms with E-state index < -0.39 is 56.6 Å². The van der Waals surface area contributed by atoms with Gasteiger partial charge >= 0.3 is 17.9 Å². The molecule has 0 aliphatic carbocycles. The number of benzene rings is 1. The number of carboxylic acids is 1. The Labute approximate surface area is 159 Å². The van der Waals surface area contributed by atoms with Crippen molar-refractivity contribution in [2.45, 2.75) is 36.4 Å². The van der Waals surface area contributed by atoms with Gasteiger partial charge in [-0.1, -0.05) is 6.07 Å². The molecular formula is C17H17NO9S. The van der Waals surface area contributed by atoms with Crippen molar-refractivity contribution in [3.05, 3.63) is 35.4 Å². The number of esters is 2. The van der Waals surface area contributed by atoms with Gasteiger partial charge in [-0.05, 0) is 32.0 Å². The molecule has 2 fully saturated rings. The van der Waals surface area contributed by atoms with Gasteiger partial charge in [0.15, 0.2) is 9.84 Å². The largest absolute Gasteiger partial charge is 0.478 e. The summed E-state index contributed by atoms with van der Waals surface area (Å²) in [5.74, 6) is -3.62. The Morgan fingerprint density at radius 3 is 2.46 bits per heavy atom. The molecule has 0 bridgehead atoms. The van der Waals surface area contributed by atoms with Gasteiger partial charge in [0.25, 0.3) is 0 Å². The first-order chi connectivity index (χ1) is 13.0. The number of ether oxygens (including phenoxy) is 2. The molecule has 0 radical (unpaired) electrons. The van der Waals surface area contributed by atoms with Gasteiger partial charge in [-0.3, -0.25) is 4.79 Å². The zero-order chi connectivity index (χ0) is 20.9. The maximum atomic E-state index is 12.5. The molecule has 1 aromatic rings. The topological polar surface area (TPSA) is 144 Å². The van der Waals surface area contributed by atoms with Crippen molar-refractivity contribution in [3.63, 3.8) is 0 Å². The number of amides is 1. The molecule has 0 unspecified atom stereocenters. The summed E-state index contributed by atoms with van der Waals surface area (Å²) in [7, 11) is -3.75. The summed E-state index contributed by atoms with van der Waals surface area (Å²) in [5, 5.41) is 7.88. The van der Waals surface area contributed by atoms with Crippen molar-refractivity contribution in [2.75, 3.05) is 6.79 Å². The lowest BCUT2D eigenvalue weighted by atomic mass is 9.98. The number of aromatic carboxylic acids is 1. The van der Waals surface area contributed by atoms with Crippen LogP contribution >= 0.6 is 0 Å². The Morgan fingerprint density at radius 2 is 1.86 bits per heavy atom. The number of carbonyl (C=O) groups is 4. The van der Waals surface area contributed by atoms with Crippen molar-refractivity contribution < 1.29 is 42.2 Å². The van der Waals surface area contributed by atoms with E-state index in [2.05, 4.69) is 0 Å². The first-order valence-corrected chi connectivity index (χ1v) is 9.75. The van der Waals surface area contributed by atoms with Crippen LogP contribution in [0, 0.1) is 0 Å². The predicted octanol–water partition coefficient (Wildman–Crippen LogP) is 0.176. The second kappa shape index (κ2) is 6.59. The van der Waals surface area contributed by atoms with Crippen molar-refractivity contribution in [3.8, 4) is 0 Å². The zero-order valence-electron chi connectivity index (χ0n) is 14.9. The monoisotopic (exact) mass is 411 g/mol. The number of fused-ring (bicyclic) bond motifs is 1. The molecule has 0 spiro atoms. The van der Waals surface area contributed by atoms with Gasteiger partial charge in [0, 0.05) is 0 Å².